The molecule has 3 nitrogen and oxygen atoms in total. The van der Waals surface area contributed by atoms with E-state index < -0.39 is 0 Å². The van der Waals surface area contributed by atoms with Crippen molar-refractivity contribution in [2.45, 2.75) is 63.6 Å². The summed E-state index contributed by atoms with van der Waals surface area (Å²) >= 11 is 0. The Balaban J connectivity index is 1.79. The van der Waals surface area contributed by atoms with E-state index in [1.165, 1.54) is 32.1 Å². The zero-order valence-corrected chi connectivity index (χ0v) is 12.5. The molecule has 0 radical (unpaired) electrons. The molecule has 2 aliphatic rings. The molecule has 0 aromatic carbocycles. The van der Waals surface area contributed by atoms with Gasteiger partial charge in [-0.2, -0.15) is 0 Å². The van der Waals surface area contributed by atoms with E-state index in [1.54, 1.807) is 0 Å². The van der Waals surface area contributed by atoms with E-state index in [2.05, 4.69) is 38.2 Å². The molecule has 0 aromatic heterocycles. The summed E-state index contributed by atoms with van der Waals surface area (Å²) in [7, 11) is 4.45. The van der Waals surface area contributed by atoms with Crippen molar-refractivity contribution in [2.75, 3.05) is 27.2 Å². The maximum atomic E-state index is 5.84. The van der Waals surface area contributed by atoms with Crippen LogP contribution in [0, 0.1) is 5.92 Å². The Kier molecular flexibility index (Phi) is 4.68. The van der Waals surface area contributed by atoms with Gasteiger partial charge in [-0.1, -0.05) is 13.8 Å². The molecule has 1 heterocycles. The fraction of sp³-hybridized carbons (Fsp3) is 1.00. The largest absolute Gasteiger partial charge is 0.378 e. The fourth-order valence-corrected chi connectivity index (χ4v) is 3.18. The van der Waals surface area contributed by atoms with E-state index in [9.17, 15) is 0 Å². The summed E-state index contributed by atoms with van der Waals surface area (Å²) in [5.41, 5.74) is 0.436. The van der Waals surface area contributed by atoms with Gasteiger partial charge in [0.25, 0.3) is 0 Å². The molecule has 0 amide bonds. The first kappa shape index (κ1) is 14.3. The van der Waals surface area contributed by atoms with Gasteiger partial charge in [0.2, 0.25) is 0 Å². The highest BCUT2D eigenvalue weighted by atomic mass is 16.5. The first-order valence-corrected chi connectivity index (χ1v) is 7.56. The highest BCUT2D eigenvalue weighted by molar-refractivity contribution is 4.98. The molecule has 1 saturated carbocycles. The Bertz CT molecular complexity index is 261. The van der Waals surface area contributed by atoms with Crippen molar-refractivity contribution in [2.24, 2.45) is 5.92 Å². The molecule has 2 fully saturated rings. The van der Waals surface area contributed by atoms with E-state index in [0.717, 1.165) is 13.2 Å². The summed E-state index contributed by atoms with van der Waals surface area (Å²) in [6.45, 7) is 6.60. The summed E-state index contributed by atoms with van der Waals surface area (Å²) in [5.74, 6) is 0.640. The Morgan fingerprint density at radius 2 is 2.06 bits per heavy atom. The molecule has 0 spiro atoms. The van der Waals surface area contributed by atoms with Crippen molar-refractivity contribution < 1.29 is 4.74 Å². The predicted molar refractivity (Wildman–Crippen MR) is 75.9 cm³/mol. The Hall–Kier alpha value is -0.120. The molecule has 0 aromatic rings. The van der Waals surface area contributed by atoms with E-state index in [-0.39, 0.29) is 0 Å². The van der Waals surface area contributed by atoms with Crippen LogP contribution < -0.4 is 5.32 Å². The van der Waals surface area contributed by atoms with Gasteiger partial charge in [0, 0.05) is 24.7 Å². The molecular formula is C15H30N2O. The Labute approximate surface area is 112 Å². The summed E-state index contributed by atoms with van der Waals surface area (Å²) in [4.78, 5) is 2.42. The van der Waals surface area contributed by atoms with Crippen LogP contribution >= 0.6 is 0 Å². The van der Waals surface area contributed by atoms with E-state index >= 15 is 0 Å². The van der Waals surface area contributed by atoms with Crippen LogP contribution in [0.4, 0.5) is 0 Å². The molecule has 1 saturated heterocycles. The lowest BCUT2D eigenvalue weighted by Gasteiger charge is -2.48. The highest BCUT2D eigenvalue weighted by Gasteiger charge is 2.39. The normalized spacial score (nSPS) is 31.7. The van der Waals surface area contributed by atoms with Crippen LogP contribution in [0.1, 0.15) is 46.0 Å². The van der Waals surface area contributed by atoms with Gasteiger partial charge in [0.05, 0.1) is 6.10 Å². The van der Waals surface area contributed by atoms with Gasteiger partial charge < -0.3 is 15.0 Å². The van der Waals surface area contributed by atoms with E-state index in [1.807, 2.05) is 0 Å². The second-order valence-electron chi connectivity index (χ2n) is 6.73. The molecule has 3 heteroatoms. The van der Waals surface area contributed by atoms with Gasteiger partial charge in [-0.05, 0) is 52.1 Å². The number of rotatable bonds is 5. The lowest BCUT2D eigenvalue weighted by molar-refractivity contribution is -0.0288. The second kappa shape index (κ2) is 5.89. The van der Waals surface area contributed by atoms with Crippen LogP contribution in [0.15, 0.2) is 0 Å². The van der Waals surface area contributed by atoms with Crippen LogP contribution in [-0.2, 0) is 4.74 Å². The second-order valence-corrected chi connectivity index (χ2v) is 6.73. The third-order valence-electron chi connectivity index (χ3n) is 5.01. The van der Waals surface area contributed by atoms with Gasteiger partial charge in [-0.3, -0.25) is 0 Å². The summed E-state index contributed by atoms with van der Waals surface area (Å²) in [6, 6.07) is 0.656. The number of nitrogens with one attached hydrogen (secondary N) is 1. The minimum absolute atomic E-state index is 0.436. The molecule has 106 valence electrons. The first-order valence-electron chi connectivity index (χ1n) is 7.56. The number of hydrogen-bond acceptors (Lipinski definition) is 3. The third kappa shape index (κ3) is 3.06. The molecule has 2 rings (SSSR count). The van der Waals surface area contributed by atoms with Crippen molar-refractivity contribution in [1.82, 2.24) is 10.2 Å². The number of hydrogen-bond donors (Lipinski definition) is 1. The van der Waals surface area contributed by atoms with Gasteiger partial charge in [-0.25, -0.2) is 0 Å². The molecule has 1 N–H and O–H groups in total. The van der Waals surface area contributed by atoms with Crippen molar-refractivity contribution in [3.63, 3.8) is 0 Å². The summed E-state index contributed by atoms with van der Waals surface area (Å²) < 4.78 is 5.84. The molecule has 2 atom stereocenters. The summed E-state index contributed by atoms with van der Waals surface area (Å²) in [6.07, 6.45) is 6.90. The average Bonchev–Trinajstić information content (AvgIpc) is 2.27. The van der Waals surface area contributed by atoms with Crippen molar-refractivity contribution in [1.29, 1.82) is 0 Å². The van der Waals surface area contributed by atoms with Crippen LogP contribution in [0.5, 0.6) is 0 Å². The Morgan fingerprint density at radius 3 is 2.56 bits per heavy atom. The van der Waals surface area contributed by atoms with Gasteiger partial charge >= 0.3 is 0 Å². The molecule has 0 bridgehead atoms. The lowest BCUT2D eigenvalue weighted by atomic mass is 9.75. The summed E-state index contributed by atoms with van der Waals surface area (Å²) in [5, 5.41) is 3.81. The molecule has 18 heavy (non-hydrogen) atoms. The molecule has 1 aliphatic carbocycles. The smallest absolute Gasteiger partial charge is 0.0612 e. The van der Waals surface area contributed by atoms with Gasteiger partial charge in [-0.15, -0.1) is 0 Å². The minimum Gasteiger partial charge on any atom is -0.378 e. The topological polar surface area (TPSA) is 24.5 Å². The van der Waals surface area contributed by atoms with E-state index in [4.69, 9.17) is 4.74 Å². The highest BCUT2D eigenvalue weighted by Crippen LogP contribution is 2.35. The van der Waals surface area contributed by atoms with Gasteiger partial charge in [0.1, 0.15) is 0 Å². The monoisotopic (exact) mass is 254 g/mol. The van der Waals surface area contributed by atoms with Crippen LogP contribution in [0.2, 0.25) is 0 Å². The van der Waals surface area contributed by atoms with E-state index in [0.29, 0.717) is 23.6 Å². The number of likely N-dealkylation sites (N-methyl/N-ethyl adjacent to an activating group) is 1. The lowest BCUT2D eigenvalue weighted by Crippen LogP contribution is -2.58. The van der Waals surface area contributed by atoms with Crippen molar-refractivity contribution in [3.8, 4) is 0 Å². The average molecular weight is 254 g/mol. The maximum Gasteiger partial charge on any atom is 0.0612 e. The minimum atomic E-state index is 0.436. The SMILES string of the molecule is CC(C)C1CC(NCC2(N(C)C)CCC2)CCO1. The van der Waals surface area contributed by atoms with Crippen LogP contribution in [0.3, 0.4) is 0 Å². The standard InChI is InChI=1S/C15H30N2O/c1-12(2)14-10-13(6-9-18-14)16-11-15(17(3)4)7-5-8-15/h12-14,16H,5-11H2,1-4H3. The molecular weight excluding hydrogens is 224 g/mol. The molecule has 2 unspecified atom stereocenters. The first-order chi connectivity index (χ1) is 8.53. The van der Waals surface area contributed by atoms with Crippen LogP contribution in [0.25, 0.3) is 0 Å². The Morgan fingerprint density at radius 1 is 1.33 bits per heavy atom. The number of nitrogens with zero attached hydrogens (tertiary/aromatic N) is 1. The predicted octanol–water partition coefficient (Wildman–Crippen LogP) is 2.26. The quantitative estimate of drug-likeness (QED) is 0.814. The maximum absolute atomic E-state index is 5.84. The zero-order chi connectivity index (χ0) is 13.2. The number of ether oxygens (including phenoxy) is 1. The van der Waals surface area contributed by atoms with Crippen LogP contribution in [-0.4, -0.2) is 49.8 Å². The molecule has 1 aliphatic heterocycles. The van der Waals surface area contributed by atoms with Crippen molar-refractivity contribution in [3.05, 3.63) is 0 Å². The fourth-order valence-electron chi connectivity index (χ4n) is 3.18. The zero-order valence-electron chi connectivity index (χ0n) is 12.5. The van der Waals surface area contributed by atoms with Crippen molar-refractivity contribution >= 4 is 0 Å². The third-order valence-corrected chi connectivity index (χ3v) is 5.01. The van der Waals surface area contributed by atoms with Gasteiger partial charge in [0.15, 0.2) is 0 Å².